The highest BCUT2D eigenvalue weighted by Crippen LogP contribution is 2.32. The Labute approximate surface area is 211 Å². The molecule has 2 heterocycles. The second kappa shape index (κ2) is 10.7. The lowest BCUT2D eigenvalue weighted by Gasteiger charge is -2.18. The fourth-order valence-electron chi connectivity index (χ4n) is 4.91. The molecule has 0 aliphatic carbocycles. The minimum atomic E-state index is 0.0429. The van der Waals surface area contributed by atoms with Crippen LogP contribution in [0, 0.1) is 0 Å². The second-order valence-corrected chi connectivity index (χ2v) is 9.10. The van der Waals surface area contributed by atoms with Gasteiger partial charge in [0, 0.05) is 25.4 Å². The van der Waals surface area contributed by atoms with Crippen LogP contribution in [0.4, 0.5) is 0 Å². The molecule has 6 heteroatoms. The number of aromatic nitrogens is 2. The van der Waals surface area contributed by atoms with Crippen LogP contribution in [0.5, 0.6) is 11.5 Å². The first-order valence-corrected chi connectivity index (χ1v) is 12.3. The van der Waals surface area contributed by atoms with Gasteiger partial charge in [0.2, 0.25) is 5.91 Å². The molecular formula is C30H31N3O3. The lowest BCUT2D eigenvalue weighted by atomic mass is 10.1. The Morgan fingerprint density at radius 3 is 2.64 bits per heavy atom. The predicted octanol–water partition coefficient (Wildman–Crippen LogP) is 5.37. The summed E-state index contributed by atoms with van der Waals surface area (Å²) < 4.78 is 13.9. The number of para-hydroxylation sites is 2. The summed E-state index contributed by atoms with van der Waals surface area (Å²) in [6.07, 6.45) is 3.12. The lowest BCUT2D eigenvalue weighted by molar-refractivity contribution is -0.128. The van der Waals surface area contributed by atoms with Crippen LogP contribution < -0.4 is 9.47 Å². The van der Waals surface area contributed by atoms with E-state index in [4.69, 9.17) is 14.5 Å². The molecule has 1 unspecified atom stereocenters. The molecule has 36 heavy (non-hydrogen) atoms. The topological polar surface area (TPSA) is 56.6 Å². The Bertz CT molecular complexity index is 1360. The van der Waals surface area contributed by atoms with E-state index in [1.165, 1.54) is 0 Å². The number of imidazole rings is 1. The Hall–Kier alpha value is -4.06. The molecule has 1 fully saturated rings. The lowest BCUT2D eigenvalue weighted by Crippen LogP contribution is -2.24. The number of amides is 1. The number of fused-ring (bicyclic) bond motifs is 1. The molecule has 0 bridgehead atoms. The van der Waals surface area contributed by atoms with Crippen molar-refractivity contribution in [3.63, 3.8) is 0 Å². The first-order chi connectivity index (χ1) is 17.7. The molecule has 6 nitrogen and oxygen atoms in total. The van der Waals surface area contributed by atoms with E-state index in [0.717, 1.165) is 34.4 Å². The number of hydrogen-bond donors (Lipinski definition) is 0. The molecule has 1 amide bonds. The smallest absolute Gasteiger partial charge is 0.223 e. The molecule has 0 radical (unpaired) electrons. The van der Waals surface area contributed by atoms with Crippen LogP contribution in [0.3, 0.4) is 0 Å². The summed E-state index contributed by atoms with van der Waals surface area (Å²) in [7, 11) is 1.65. The molecule has 1 aromatic heterocycles. The number of rotatable bonds is 10. The maximum atomic E-state index is 12.9. The maximum Gasteiger partial charge on any atom is 0.223 e. The number of carbonyl (C=O) groups is 1. The number of allylic oxidation sites excluding steroid dienone is 1. The van der Waals surface area contributed by atoms with Gasteiger partial charge >= 0.3 is 0 Å². The van der Waals surface area contributed by atoms with Crippen LogP contribution >= 0.6 is 0 Å². The fourth-order valence-corrected chi connectivity index (χ4v) is 4.91. The zero-order valence-electron chi connectivity index (χ0n) is 20.6. The largest absolute Gasteiger partial charge is 0.493 e. The number of methoxy groups -OCH3 is 1. The van der Waals surface area contributed by atoms with Gasteiger partial charge in [-0.05, 0) is 41.8 Å². The monoisotopic (exact) mass is 481 g/mol. The number of ether oxygens (including phenoxy) is 2. The zero-order chi connectivity index (χ0) is 24.9. The molecule has 0 N–H and O–H groups in total. The van der Waals surface area contributed by atoms with E-state index in [-0.39, 0.29) is 11.8 Å². The van der Waals surface area contributed by atoms with E-state index >= 15 is 0 Å². The molecular weight excluding hydrogens is 450 g/mol. The van der Waals surface area contributed by atoms with Crippen LogP contribution in [0.25, 0.3) is 11.0 Å². The van der Waals surface area contributed by atoms with Crippen molar-refractivity contribution in [2.24, 2.45) is 0 Å². The van der Waals surface area contributed by atoms with E-state index in [9.17, 15) is 4.79 Å². The van der Waals surface area contributed by atoms with Crippen molar-refractivity contribution >= 4 is 16.9 Å². The number of benzene rings is 3. The van der Waals surface area contributed by atoms with Gasteiger partial charge in [-0.3, -0.25) is 4.79 Å². The van der Waals surface area contributed by atoms with E-state index in [1.807, 2.05) is 65.6 Å². The Morgan fingerprint density at radius 2 is 1.83 bits per heavy atom. The first kappa shape index (κ1) is 23.7. The molecule has 5 rings (SSSR count). The third-order valence-electron chi connectivity index (χ3n) is 6.66. The average Bonchev–Trinajstić information content (AvgIpc) is 3.45. The van der Waals surface area contributed by atoms with Gasteiger partial charge in [0.05, 0.1) is 24.7 Å². The number of likely N-dealkylation sites (tertiary alicyclic amines) is 1. The van der Waals surface area contributed by atoms with Gasteiger partial charge in [0.1, 0.15) is 12.4 Å². The third-order valence-corrected chi connectivity index (χ3v) is 6.66. The van der Waals surface area contributed by atoms with Gasteiger partial charge in [-0.25, -0.2) is 4.98 Å². The second-order valence-electron chi connectivity index (χ2n) is 9.10. The Balaban J connectivity index is 1.34. The van der Waals surface area contributed by atoms with Crippen molar-refractivity contribution < 1.29 is 14.3 Å². The molecule has 184 valence electrons. The van der Waals surface area contributed by atoms with Crippen LogP contribution in [-0.2, 0) is 24.3 Å². The minimum absolute atomic E-state index is 0.0429. The third kappa shape index (κ3) is 4.98. The van der Waals surface area contributed by atoms with Gasteiger partial charge in [-0.1, -0.05) is 54.6 Å². The quantitative estimate of drug-likeness (QED) is 0.286. The highest BCUT2D eigenvalue weighted by atomic mass is 16.5. The molecule has 1 aliphatic rings. The van der Waals surface area contributed by atoms with Crippen LogP contribution in [0.2, 0.25) is 0 Å². The van der Waals surface area contributed by atoms with Crippen molar-refractivity contribution in [2.45, 2.75) is 31.8 Å². The van der Waals surface area contributed by atoms with Gasteiger partial charge in [-0.2, -0.15) is 0 Å². The summed E-state index contributed by atoms with van der Waals surface area (Å²) in [5, 5.41) is 0. The van der Waals surface area contributed by atoms with Gasteiger partial charge in [0.25, 0.3) is 0 Å². The minimum Gasteiger partial charge on any atom is -0.493 e. The summed E-state index contributed by atoms with van der Waals surface area (Å²) >= 11 is 0. The maximum absolute atomic E-state index is 12.9. The normalized spacial score (nSPS) is 15.4. The Kier molecular flexibility index (Phi) is 7.03. The SMILES string of the molecule is C=CCc1ccc(OCCn2c(C3CC(=O)N(Cc4ccccc4)C3)nc3ccccc32)c(OC)c1. The molecule has 0 saturated carbocycles. The van der Waals surface area contributed by atoms with Gasteiger partial charge in [0.15, 0.2) is 11.5 Å². The van der Waals surface area contributed by atoms with E-state index < -0.39 is 0 Å². The molecule has 1 saturated heterocycles. The summed E-state index contributed by atoms with van der Waals surface area (Å²) in [6, 6.07) is 24.2. The van der Waals surface area contributed by atoms with Crippen molar-refractivity contribution in [3.8, 4) is 11.5 Å². The van der Waals surface area contributed by atoms with Crippen molar-refractivity contribution in [1.82, 2.24) is 14.5 Å². The van der Waals surface area contributed by atoms with Gasteiger partial charge in [-0.15, -0.1) is 6.58 Å². The predicted molar refractivity (Wildman–Crippen MR) is 141 cm³/mol. The summed E-state index contributed by atoms with van der Waals surface area (Å²) in [5.41, 5.74) is 4.26. The summed E-state index contributed by atoms with van der Waals surface area (Å²) in [4.78, 5) is 19.8. The van der Waals surface area contributed by atoms with Gasteiger partial charge < -0.3 is 18.9 Å². The van der Waals surface area contributed by atoms with Crippen LogP contribution in [0.15, 0.2) is 85.5 Å². The molecule has 0 spiro atoms. The highest BCUT2D eigenvalue weighted by Gasteiger charge is 2.34. The number of carbonyl (C=O) groups excluding carboxylic acids is 1. The zero-order valence-corrected chi connectivity index (χ0v) is 20.6. The molecule has 1 atom stereocenters. The molecule has 3 aromatic carbocycles. The van der Waals surface area contributed by atoms with Crippen LogP contribution in [0.1, 0.15) is 29.3 Å². The first-order valence-electron chi connectivity index (χ1n) is 12.3. The average molecular weight is 482 g/mol. The summed E-state index contributed by atoms with van der Waals surface area (Å²) in [6.45, 7) is 6.17. The van der Waals surface area contributed by atoms with E-state index in [1.54, 1.807) is 7.11 Å². The van der Waals surface area contributed by atoms with Crippen molar-refractivity contribution in [3.05, 3.63) is 102 Å². The number of hydrogen-bond acceptors (Lipinski definition) is 4. The van der Waals surface area contributed by atoms with E-state index in [2.05, 4.69) is 29.3 Å². The van der Waals surface area contributed by atoms with Crippen molar-refractivity contribution in [2.75, 3.05) is 20.3 Å². The molecule has 4 aromatic rings. The standard InChI is InChI=1S/C30H31N3O3/c1-3-9-22-14-15-27(28(18-22)35-2)36-17-16-33-26-13-8-7-12-25(26)31-30(33)24-19-29(34)32(21-24)20-23-10-5-4-6-11-23/h3-8,10-15,18,24H,1,9,16-17,19-21H2,2H3. The van der Waals surface area contributed by atoms with Crippen molar-refractivity contribution in [1.29, 1.82) is 0 Å². The summed E-state index contributed by atoms with van der Waals surface area (Å²) in [5.74, 6) is 2.57. The molecule has 1 aliphatic heterocycles. The highest BCUT2D eigenvalue weighted by molar-refractivity contribution is 5.81. The Morgan fingerprint density at radius 1 is 1.03 bits per heavy atom. The fraction of sp³-hybridized carbons (Fsp3) is 0.267. The number of nitrogens with zero attached hydrogens (tertiary/aromatic N) is 3. The van der Waals surface area contributed by atoms with Crippen LogP contribution in [-0.4, -0.2) is 40.6 Å². The van der Waals surface area contributed by atoms with E-state index in [0.29, 0.717) is 44.2 Å².